The number of hydrazine groups is 1. The smallest absolute Gasteiger partial charge is 0.245 e. The van der Waals surface area contributed by atoms with E-state index in [0.717, 1.165) is 43.9 Å². The number of hydrogen-bond acceptors (Lipinski definition) is 7. The molecule has 1 saturated heterocycles. The third-order valence-electron chi connectivity index (χ3n) is 6.47. The van der Waals surface area contributed by atoms with Gasteiger partial charge >= 0.3 is 0 Å². The van der Waals surface area contributed by atoms with Gasteiger partial charge in [-0.15, -0.1) is 0 Å². The number of fused-ring (bicyclic) bond motifs is 1. The van der Waals surface area contributed by atoms with Crippen molar-refractivity contribution in [1.29, 1.82) is 0 Å². The van der Waals surface area contributed by atoms with Crippen molar-refractivity contribution in [2.45, 2.75) is 63.8 Å². The van der Waals surface area contributed by atoms with Crippen molar-refractivity contribution in [3.8, 4) is 0 Å². The van der Waals surface area contributed by atoms with Crippen molar-refractivity contribution < 1.29 is 4.74 Å². The van der Waals surface area contributed by atoms with E-state index in [2.05, 4.69) is 38.6 Å². The molecule has 7 nitrogen and oxygen atoms in total. The van der Waals surface area contributed by atoms with Gasteiger partial charge in [-0.3, -0.25) is 0 Å². The second-order valence-corrected chi connectivity index (χ2v) is 8.75. The van der Waals surface area contributed by atoms with Crippen LogP contribution in [0.15, 0.2) is 21.9 Å². The number of rotatable bonds is 5. The maximum absolute atomic E-state index is 6.53. The van der Waals surface area contributed by atoms with Crippen LogP contribution in [0.4, 0.5) is 0 Å². The maximum Gasteiger partial charge on any atom is 0.245 e. The molecule has 3 fully saturated rings. The SMILES string of the molecule is CC1CN(C2=CC=NC3=NC(OCC4CC4)(C4CCCCC4)NN23)CCN1. The van der Waals surface area contributed by atoms with Gasteiger partial charge in [0.25, 0.3) is 0 Å². The number of aliphatic imine (C=N–C) groups is 2. The van der Waals surface area contributed by atoms with Gasteiger partial charge in [0.1, 0.15) is 5.82 Å². The fourth-order valence-electron chi connectivity index (χ4n) is 4.70. The van der Waals surface area contributed by atoms with Crippen LogP contribution in [0.25, 0.3) is 0 Å². The summed E-state index contributed by atoms with van der Waals surface area (Å²) in [6.45, 7) is 6.03. The van der Waals surface area contributed by atoms with Crippen molar-refractivity contribution in [3.63, 3.8) is 0 Å². The summed E-state index contributed by atoms with van der Waals surface area (Å²) in [6.07, 6.45) is 12.8. The van der Waals surface area contributed by atoms with Crippen LogP contribution < -0.4 is 10.7 Å². The van der Waals surface area contributed by atoms with Crippen LogP contribution in [-0.4, -0.2) is 60.2 Å². The first-order valence-electron chi connectivity index (χ1n) is 10.8. The lowest BCUT2D eigenvalue weighted by atomic mass is 9.85. The van der Waals surface area contributed by atoms with Gasteiger partial charge in [-0.2, -0.15) is 10.4 Å². The number of allylic oxidation sites excluding steroid dienone is 1. The number of nitrogens with one attached hydrogen (secondary N) is 2. The second kappa shape index (κ2) is 7.18. The van der Waals surface area contributed by atoms with Crippen LogP contribution in [0.2, 0.25) is 0 Å². The summed E-state index contributed by atoms with van der Waals surface area (Å²) in [5.41, 5.74) is 3.68. The van der Waals surface area contributed by atoms with E-state index in [1.54, 1.807) is 0 Å². The number of ether oxygens (including phenoxy) is 1. The molecule has 2 atom stereocenters. The Kier molecular flexibility index (Phi) is 4.70. The summed E-state index contributed by atoms with van der Waals surface area (Å²) in [5, 5.41) is 5.60. The molecule has 0 spiro atoms. The molecule has 5 aliphatic rings. The average Bonchev–Trinajstić information content (AvgIpc) is 3.45. The van der Waals surface area contributed by atoms with Crippen molar-refractivity contribution in [2.75, 3.05) is 26.2 Å². The molecule has 3 aliphatic heterocycles. The Hall–Kier alpha value is -1.44. The zero-order chi connectivity index (χ0) is 18.3. The van der Waals surface area contributed by atoms with Gasteiger partial charge in [0.15, 0.2) is 0 Å². The van der Waals surface area contributed by atoms with Crippen molar-refractivity contribution in [1.82, 2.24) is 20.7 Å². The fourth-order valence-corrected chi connectivity index (χ4v) is 4.70. The van der Waals surface area contributed by atoms with E-state index in [-0.39, 0.29) is 0 Å². The van der Waals surface area contributed by atoms with E-state index in [1.165, 1.54) is 44.9 Å². The Morgan fingerprint density at radius 2 is 2.07 bits per heavy atom. The maximum atomic E-state index is 6.53. The summed E-state index contributed by atoms with van der Waals surface area (Å²) < 4.78 is 6.53. The quantitative estimate of drug-likeness (QED) is 0.773. The number of piperazine rings is 1. The minimum atomic E-state index is -0.640. The van der Waals surface area contributed by atoms with Gasteiger partial charge in [0.05, 0.1) is 6.61 Å². The molecule has 5 rings (SSSR count). The van der Waals surface area contributed by atoms with Gasteiger partial charge in [-0.1, -0.05) is 19.3 Å². The summed E-state index contributed by atoms with van der Waals surface area (Å²) in [4.78, 5) is 12.1. The lowest BCUT2D eigenvalue weighted by Gasteiger charge is -2.41. The second-order valence-electron chi connectivity index (χ2n) is 8.75. The summed E-state index contributed by atoms with van der Waals surface area (Å²) in [7, 11) is 0. The number of hydrogen-bond donors (Lipinski definition) is 2. The molecular formula is C20H32N6O. The predicted octanol–water partition coefficient (Wildman–Crippen LogP) is 2.04. The lowest BCUT2D eigenvalue weighted by molar-refractivity contribution is -0.131. The van der Waals surface area contributed by atoms with Gasteiger partial charge in [-0.25, -0.2) is 10.0 Å². The Morgan fingerprint density at radius 3 is 2.85 bits per heavy atom. The topological polar surface area (TPSA) is 64.5 Å². The largest absolute Gasteiger partial charge is 0.354 e. The molecule has 0 radical (unpaired) electrons. The summed E-state index contributed by atoms with van der Waals surface area (Å²) in [5.74, 6) is 2.39. The fraction of sp³-hybridized carbons (Fsp3) is 0.800. The van der Waals surface area contributed by atoms with Crippen LogP contribution in [0.1, 0.15) is 51.9 Å². The Morgan fingerprint density at radius 1 is 1.22 bits per heavy atom. The molecule has 0 bridgehead atoms. The Labute approximate surface area is 161 Å². The summed E-state index contributed by atoms with van der Waals surface area (Å²) >= 11 is 0. The van der Waals surface area contributed by atoms with E-state index in [9.17, 15) is 0 Å². The zero-order valence-corrected chi connectivity index (χ0v) is 16.4. The highest BCUT2D eigenvalue weighted by Crippen LogP contribution is 2.40. The van der Waals surface area contributed by atoms with E-state index in [1.807, 2.05) is 6.21 Å². The molecule has 2 N–H and O–H groups in total. The van der Waals surface area contributed by atoms with Crippen molar-refractivity contribution >= 4 is 12.2 Å². The van der Waals surface area contributed by atoms with E-state index in [0.29, 0.717) is 12.0 Å². The lowest BCUT2D eigenvalue weighted by Crippen LogP contribution is -2.58. The first-order valence-corrected chi connectivity index (χ1v) is 10.8. The van der Waals surface area contributed by atoms with Gasteiger partial charge in [-0.05, 0) is 44.6 Å². The van der Waals surface area contributed by atoms with E-state index in [4.69, 9.17) is 9.73 Å². The molecule has 27 heavy (non-hydrogen) atoms. The first kappa shape index (κ1) is 17.6. The van der Waals surface area contributed by atoms with Crippen LogP contribution in [0, 0.1) is 11.8 Å². The van der Waals surface area contributed by atoms with E-state index >= 15 is 0 Å². The zero-order valence-electron chi connectivity index (χ0n) is 16.4. The molecule has 2 unspecified atom stereocenters. The minimum Gasteiger partial charge on any atom is -0.354 e. The monoisotopic (exact) mass is 372 g/mol. The van der Waals surface area contributed by atoms with Gasteiger partial charge < -0.3 is 15.0 Å². The highest BCUT2D eigenvalue weighted by molar-refractivity contribution is 5.95. The minimum absolute atomic E-state index is 0.418. The van der Waals surface area contributed by atoms with Crippen molar-refractivity contribution in [3.05, 3.63) is 11.9 Å². The third-order valence-corrected chi connectivity index (χ3v) is 6.47. The molecular weight excluding hydrogens is 340 g/mol. The highest BCUT2D eigenvalue weighted by Gasteiger charge is 2.49. The average molecular weight is 373 g/mol. The molecule has 3 heterocycles. The number of nitrogens with zero attached hydrogens (tertiary/aromatic N) is 4. The molecule has 0 aromatic heterocycles. The Bertz CT molecular complexity index is 651. The molecule has 0 aromatic carbocycles. The van der Waals surface area contributed by atoms with E-state index < -0.39 is 5.85 Å². The highest BCUT2D eigenvalue weighted by atomic mass is 16.5. The molecule has 2 aliphatic carbocycles. The Balaban J connectivity index is 1.39. The molecule has 7 heteroatoms. The van der Waals surface area contributed by atoms with Crippen molar-refractivity contribution in [2.24, 2.45) is 21.8 Å². The third kappa shape index (κ3) is 3.52. The molecule has 0 amide bonds. The van der Waals surface area contributed by atoms with Gasteiger partial charge in [0.2, 0.25) is 11.8 Å². The van der Waals surface area contributed by atoms with Crippen LogP contribution in [-0.2, 0) is 4.74 Å². The predicted molar refractivity (Wildman–Crippen MR) is 106 cm³/mol. The van der Waals surface area contributed by atoms with Crippen LogP contribution in [0.5, 0.6) is 0 Å². The first-order chi connectivity index (χ1) is 13.2. The number of guanidine groups is 1. The van der Waals surface area contributed by atoms with Crippen LogP contribution in [0.3, 0.4) is 0 Å². The summed E-state index contributed by atoms with van der Waals surface area (Å²) in [6, 6.07) is 0.482. The van der Waals surface area contributed by atoms with Crippen LogP contribution >= 0.6 is 0 Å². The normalized spacial score (nSPS) is 34.5. The molecule has 0 aromatic rings. The van der Waals surface area contributed by atoms with Gasteiger partial charge in [0, 0.05) is 37.8 Å². The molecule has 148 valence electrons. The molecule has 2 saturated carbocycles. The standard InChI is InChI=1S/C20H32N6O/c1-15-13-25(12-11-21-15)18-9-10-22-19-23-20(24-26(18)19,27-14-16-7-8-16)17-5-3-2-4-6-17/h9-10,15-17,21,24H,2-8,11-14H2,1H3.